The highest BCUT2D eigenvalue weighted by Crippen LogP contribution is 1.79. The summed E-state index contributed by atoms with van der Waals surface area (Å²) in [5.41, 5.74) is 15.8. The van der Waals surface area contributed by atoms with Crippen LogP contribution in [0.15, 0.2) is 10.2 Å². The van der Waals surface area contributed by atoms with Gasteiger partial charge in [-0.25, -0.2) is 0 Å². The van der Waals surface area contributed by atoms with Crippen LogP contribution in [0.2, 0.25) is 0 Å². The Morgan fingerprint density at radius 1 is 1.00 bits per heavy atom. The molecule has 0 unspecified atom stereocenters. The van der Waals surface area contributed by atoms with E-state index in [9.17, 15) is 0 Å². The van der Waals surface area contributed by atoms with E-state index in [1.54, 1.807) is 0 Å². The second kappa shape index (κ2) is 9.58. The van der Waals surface area contributed by atoms with Crippen molar-refractivity contribution in [2.24, 2.45) is 10.2 Å². The normalized spacial score (nSPS) is 8.33. The van der Waals surface area contributed by atoms with Crippen LogP contribution in [0.5, 0.6) is 0 Å². The van der Waals surface area contributed by atoms with Crippen molar-refractivity contribution >= 4 is 0 Å². The first-order valence-electron chi connectivity index (χ1n) is 3.64. The van der Waals surface area contributed by atoms with Gasteiger partial charge in [0.2, 0.25) is 0 Å². The van der Waals surface area contributed by atoms with Crippen LogP contribution in [0, 0.1) is 0 Å². The predicted molar refractivity (Wildman–Crippen MR) is 45.5 cm³/mol. The number of hydrogen-bond acceptors (Lipinski definition) is 3. The molecule has 0 fully saturated rings. The summed E-state index contributed by atoms with van der Waals surface area (Å²) in [4.78, 5) is 5.21. The Morgan fingerprint density at radius 3 is 2.33 bits per heavy atom. The minimum Gasteiger partial charge on any atom is -0.317 e. The van der Waals surface area contributed by atoms with E-state index in [0.717, 1.165) is 13.0 Å². The maximum absolute atomic E-state index is 7.92. The standard InChI is InChI=1S/C5H11N7/c6-11-9-3-1-2-8-4-5-10-12-7/h8H,1-5H2. The van der Waals surface area contributed by atoms with Crippen molar-refractivity contribution in [3.05, 3.63) is 20.9 Å². The van der Waals surface area contributed by atoms with Gasteiger partial charge in [-0.3, -0.25) is 0 Å². The summed E-state index contributed by atoms with van der Waals surface area (Å²) in [7, 11) is 0. The molecule has 0 rings (SSSR count). The first-order valence-corrected chi connectivity index (χ1v) is 3.64. The Kier molecular flexibility index (Phi) is 8.45. The zero-order valence-corrected chi connectivity index (χ0v) is 6.72. The van der Waals surface area contributed by atoms with E-state index < -0.39 is 0 Å². The van der Waals surface area contributed by atoms with Gasteiger partial charge in [-0.05, 0) is 24.0 Å². The number of nitrogens with zero attached hydrogens (tertiary/aromatic N) is 6. The van der Waals surface area contributed by atoms with Crippen molar-refractivity contribution in [2.75, 3.05) is 26.2 Å². The summed E-state index contributed by atoms with van der Waals surface area (Å²) < 4.78 is 0. The quantitative estimate of drug-likeness (QED) is 0.265. The highest BCUT2D eigenvalue weighted by Gasteiger charge is 1.84. The van der Waals surface area contributed by atoms with Crippen molar-refractivity contribution in [3.8, 4) is 0 Å². The highest BCUT2D eigenvalue weighted by molar-refractivity contribution is 4.54. The van der Waals surface area contributed by atoms with Crippen molar-refractivity contribution in [1.82, 2.24) is 5.32 Å². The summed E-state index contributed by atoms with van der Waals surface area (Å²) in [6.45, 7) is 2.41. The van der Waals surface area contributed by atoms with Gasteiger partial charge in [-0.15, -0.1) is 0 Å². The third-order valence-corrected chi connectivity index (χ3v) is 1.13. The summed E-state index contributed by atoms with van der Waals surface area (Å²) in [6, 6.07) is 0. The van der Waals surface area contributed by atoms with Crippen molar-refractivity contribution in [3.63, 3.8) is 0 Å². The molecule has 1 N–H and O–H groups in total. The molecule has 0 saturated carbocycles. The third-order valence-electron chi connectivity index (χ3n) is 1.13. The van der Waals surface area contributed by atoms with Crippen molar-refractivity contribution in [1.29, 1.82) is 0 Å². The molecule has 0 saturated heterocycles. The van der Waals surface area contributed by atoms with E-state index in [-0.39, 0.29) is 0 Å². The van der Waals surface area contributed by atoms with Crippen LogP contribution in [0.25, 0.3) is 20.9 Å². The van der Waals surface area contributed by atoms with Gasteiger partial charge in [0.25, 0.3) is 0 Å². The zero-order chi connectivity index (χ0) is 9.07. The molecule has 7 nitrogen and oxygen atoms in total. The maximum Gasteiger partial charge on any atom is 0.0383 e. The van der Waals surface area contributed by atoms with Crippen LogP contribution in [-0.2, 0) is 0 Å². The van der Waals surface area contributed by atoms with Crippen LogP contribution in [0.4, 0.5) is 0 Å². The first kappa shape index (κ1) is 10.6. The molecule has 0 amide bonds. The van der Waals surface area contributed by atoms with E-state index in [0.29, 0.717) is 19.6 Å². The molecule has 0 radical (unpaired) electrons. The molecule has 0 atom stereocenters. The lowest BCUT2D eigenvalue weighted by Gasteiger charge is -1.98. The van der Waals surface area contributed by atoms with Crippen molar-refractivity contribution < 1.29 is 0 Å². The Bertz CT molecular complexity index is 166. The van der Waals surface area contributed by atoms with E-state index in [4.69, 9.17) is 11.1 Å². The van der Waals surface area contributed by atoms with Gasteiger partial charge < -0.3 is 5.32 Å². The molecule has 12 heavy (non-hydrogen) atoms. The van der Waals surface area contributed by atoms with Gasteiger partial charge in [0.15, 0.2) is 0 Å². The highest BCUT2D eigenvalue weighted by atomic mass is 15.1. The molecule has 0 aromatic rings. The maximum atomic E-state index is 7.92. The number of rotatable bonds is 7. The van der Waals surface area contributed by atoms with Crippen molar-refractivity contribution in [2.45, 2.75) is 6.42 Å². The molecule has 0 bridgehead atoms. The average molecular weight is 169 g/mol. The van der Waals surface area contributed by atoms with Gasteiger partial charge >= 0.3 is 0 Å². The van der Waals surface area contributed by atoms with E-state index in [1.165, 1.54) is 0 Å². The largest absolute Gasteiger partial charge is 0.317 e. The van der Waals surface area contributed by atoms with Crippen LogP contribution < -0.4 is 5.32 Å². The second-order valence-corrected chi connectivity index (χ2v) is 2.01. The second-order valence-electron chi connectivity index (χ2n) is 2.01. The van der Waals surface area contributed by atoms with Gasteiger partial charge in [0.1, 0.15) is 0 Å². The molecule has 0 heterocycles. The lowest BCUT2D eigenvalue weighted by Crippen LogP contribution is -2.19. The topological polar surface area (TPSA) is 110 Å². The minimum atomic E-state index is 0.456. The Morgan fingerprint density at radius 2 is 1.67 bits per heavy atom. The van der Waals surface area contributed by atoms with Crippen LogP contribution >= 0.6 is 0 Å². The monoisotopic (exact) mass is 169 g/mol. The van der Waals surface area contributed by atoms with E-state index in [1.807, 2.05) is 0 Å². The fourth-order valence-corrected chi connectivity index (χ4v) is 0.618. The Labute approximate surface area is 70.0 Å². The minimum absolute atomic E-state index is 0.456. The number of hydrogen-bond donors (Lipinski definition) is 1. The molecular weight excluding hydrogens is 158 g/mol. The van der Waals surface area contributed by atoms with Gasteiger partial charge in [-0.1, -0.05) is 10.2 Å². The molecule has 0 aromatic heterocycles. The Balaban J connectivity index is 3.00. The molecule has 0 aliphatic heterocycles. The fourth-order valence-electron chi connectivity index (χ4n) is 0.618. The number of azide groups is 2. The molecule has 7 heteroatoms. The molecule has 0 aliphatic rings. The van der Waals surface area contributed by atoms with E-state index >= 15 is 0 Å². The van der Waals surface area contributed by atoms with Crippen LogP contribution in [0.1, 0.15) is 6.42 Å². The van der Waals surface area contributed by atoms with Crippen LogP contribution in [-0.4, -0.2) is 26.2 Å². The SMILES string of the molecule is [N-]=[N+]=NCCCNCCN=[N+]=[N-]. The molecule has 66 valence electrons. The van der Waals surface area contributed by atoms with Gasteiger partial charge in [0, 0.05) is 29.5 Å². The molecule has 0 spiro atoms. The number of nitrogens with one attached hydrogen (secondary N) is 1. The molecular formula is C5H11N7. The predicted octanol–water partition coefficient (Wildman–Crippen LogP) is 1.59. The summed E-state index contributed by atoms with van der Waals surface area (Å²) >= 11 is 0. The third kappa shape index (κ3) is 8.58. The van der Waals surface area contributed by atoms with E-state index in [2.05, 4.69) is 25.4 Å². The summed E-state index contributed by atoms with van der Waals surface area (Å²) in [5, 5.41) is 9.74. The lowest BCUT2D eigenvalue weighted by atomic mass is 10.4. The lowest BCUT2D eigenvalue weighted by molar-refractivity contribution is 0.657. The zero-order valence-electron chi connectivity index (χ0n) is 6.72. The average Bonchev–Trinajstić information content (AvgIpc) is 2.10. The van der Waals surface area contributed by atoms with Gasteiger partial charge in [0.05, 0.1) is 0 Å². The van der Waals surface area contributed by atoms with Crippen LogP contribution in [0.3, 0.4) is 0 Å². The summed E-state index contributed by atoms with van der Waals surface area (Å²) in [6.07, 6.45) is 0.806. The molecule has 0 aliphatic carbocycles. The molecule has 0 aromatic carbocycles. The van der Waals surface area contributed by atoms with Gasteiger partial charge in [-0.2, -0.15) is 0 Å². The first-order chi connectivity index (χ1) is 5.91. The summed E-state index contributed by atoms with van der Waals surface area (Å²) in [5.74, 6) is 0. The fraction of sp³-hybridized carbons (Fsp3) is 1.00. The Hall–Kier alpha value is -1.42. The smallest absolute Gasteiger partial charge is 0.0383 e.